The van der Waals surface area contributed by atoms with Gasteiger partial charge in [0.15, 0.2) is 0 Å². The van der Waals surface area contributed by atoms with Crippen LogP contribution in [0, 0.1) is 17.6 Å². The van der Waals surface area contributed by atoms with Gasteiger partial charge in [0.25, 0.3) is 5.91 Å². The first-order valence-corrected chi connectivity index (χ1v) is 15.5. The third-order valence-corrected chi connectivity index (χ3v) is 9.56. The molecular formula is C34H30BrF4N3O4. The van der Waals surface area contributed by atoms with Gasteiger partial charge in [-0.25, -0.2) is 22.5 Å². The third-order valence-electron chi connectivity index (χ3n) is 8.83. The Kier molecular flexibility index (Phi) is 8.43. The fourth-order valence-electron chi connectivity index (χ4n) is 5.99. The Morgan fingerprint density at radius 1 is 1.15 bits per heavy atom. The molecule has 0 radical (unpaired) electrons. The third kappa shape index (κ3) is 5.78. The van der Waals surface area contributed by atoms with Gasteiger partial charge >= 0.3 is 0 Å². The monoisotopic (exact) mass is 699 g/mol. The molecule has 12 heteroatoms. The lowest BCUT2D eigenvalue weighted by molar-refractivity contribution is -0.123. The number of benzene rings is 3. The minimum Gasteiger partial charge on any atom is -0.496 e. The number of hydrogen-bond acceptors (Lipinski definition) is 5. The minimum atomic E-state index is -2.51. The number of aromatic nitrogens is 1. The van der Waals surface area contributed by atoms with Crippen molar-refractivity contribution in [2.24, 2.45) is 11.7 Å². The van der Waals surface area contributed by atoms with Gasteiger partial charge in [-0.3, -0.25) is 9.59 Å². The second kappa shape index (κ2) is 12.2. The molecule has 3 N–H and O–H groups in total. The van der Waals surface area contributed by atoms with Crippen molar-refractivity contribution >= 4 is 38.5 Å². The Balaban J connectivity index is 1.36. The van der Waals surface area contributed by atoms with Crippen LogP contribution in [0.5, 0.6) is 11.5 Å². The van der Waals surface area contributed by atoms with Crippen molar-refractivity contribution in [1.82, 2.24) is 10.3 Å². The standard InChI is InChI=1S/C34H30BrF4N3O4/c1-34(33(40)44)15-46-31-23(34)13-25(42-30(31)21-7-8-24(36)28(35)29(21)39)22(17-4-5-17)14-41-32(43)19-11-18-9-16(10-27(37)38)3-6-20(18)26(12-19)45-2/h3,6-9,11-13,17,22,27H,4-5,10,14-15H2,1-2H3,(H2,40,44)(H,41,43)/t22-,34-/m0/s1. The number of halogens is 5. The number of hydrogen-bond donors (Lipinski definition) is 2. The number of ether oxygens (including phenoxy) is 2. The number of carbonyl (C=O) groups is 2. The fraction of sp³-hybridized carbons (Fsp3) is 0.324. The molecule has 7 nitrogen and oxygen atoms in total. The van der Waals surface area contributed by atoms with E-state index < -0.39 is 41.7 Å². The summed E-state index contributed by atoms with van der Waals surface area (Å²) in [5, 5.41) is 4.24. The molecule has 1 saturated carbocycles. The Labute approximate surface area is 270 Å². The number of nitrogens with two attached hydrogens (primary N) is 1. The number of alkyl halides is 2. The van der Waals surface area contributed by atoms with E-state index in [1.807, 2.05) is 0 Å². The molecule has 0 saturated heterocycles. The van der Waals surface area contributed by atoms with Crippen molar-refractivity contribution < 1.29 is 36.6 Å². The smallest absolute Gasteiger partial charge is 0.251 e. The van der Waals surface area contributed by atoms with Crippen molar-refractivity contribution in [2.45, 2.75) is 43.9 Å². The van der Waals surface area contributed by atoms with Crippen molar-refractivity contribution in [1.29, 1.82) is 0 Å². The molecule has 1 aliphatic heterocycles. The van der Waals surface area contributed by atoms with E-state index in [9.17, 15) is 22.8 Å². The van der Waals surface area contributed by atoms with Gasteiger partial charge in [0.05, 0.1) is 11.6 Å². The van der Waals surface area contributed by atoms with Crippen molar-refractivity contribution in [3.05, 3.63) is 87.0 Å². The lowest BCUT2D eigenvalue weighted by atomic mass is 9.82. The Morgan fingerprint density at radius 3 is 2.59 bits per heavy atom. The molecule has 46 heavy (non-hydrogen) atoms. The highest BCUT2D eigenvalue weighted by Gasteiger charge is 2.45. The van der Waals surface area contributed by atoms with E-state index in [1.54, 1.807) is 43.3 Å². The van der Waals surface area contributed by atoms with E-state index in [4.69, 9.17) is 20.2 Å². The molecule has 1 aromatic heterocycles. The van der Waals surface area contributed by atoms with Crippen LogP contribution >= 0.6 is 15.9 Å². The summed E-state index contributed by atoms with van der Waals surface area (Å²) in [7, 11) is 1.47. The first-order chi connectivity index (χ1) is 21.9. The van der Waals surface area contributed by atoms with Crippen LogP contribution in [0.4, 0.5) is 17.6 Å². The van der Waals surface area contributed by atoms with Gasteiger partial charge in [0.1, 0.15) is 40.8 Å². The molecule has 2 atom stereocenters. The summed E-state index contributed by atoms with van der Waals surface area (Å²) in [5.41, 5.74) is 6.31. The number of rotatable bonds is 10. The van der Waals surface area contributed by atoms with E-state index in [0.717, 1.165) is 18.9 Å². The van der Waals surface area contributed by atoms with Crippen LogP contribution in [0.15, 0.2) is 53.0 Å². The molecule has 3 aromatic carbocycles. The zero-order chi connectivity index (χ0) is 32.9. The maximum Gasteiger partial charge on any atom is 0.251 e. The molecule has 2 amide bonds. The zero-order valence-corrected chi connectivity index (χ0v) is 26.5. The van der Waals surface area contributed by atoms with Gasteiger partial charge in [0, 0.05) is 46.7 Å². The predicted molar refractivity (Wildman–Crippen MR) is 167 cm³/mol. The van der Waals surface area contributed by atoms with Crippen LogP contribution in [0.1, 0.15) is 52.9 Å². The molecule has 6 rings (SSSR count). The fourth-order valence-corrected chi connectivity index (χ4v) is 6.34. The molecule has 0 unspecified atom stereocenters. The van der Waals surface area contributed by atoms with Crippen LogP contribution in [0.2, 0.25) is 0 Å². The lowest BCUT2D eigenvalue weighted by Gasteiger charge is -2.22. The van der Waals surface area contributed by atoms with E-state index in [1.165, 1.54) is 13.2 Å². The lowest BCUT2D eigenvalue weighted by Crippen LogP contribution is -2.40. The molecule has 0 bridgehead atoms. The van der Waals surface area contributed by atoms with Gasteiger partial charge in [-0.1, -0.05) is 18.2 Å². The maximum absolute atomic E-state index is 15.4. The minimum absolute atomic E-state index is 0.0202. The number of amides is 2. The summed E-state index contributed by atoms with van der Waals surface area (Å²) >= 11 is 2.95. The number of nitrogens with one attached hydrogen (secondary N) is 1. The summed E-state index contributed by atoms with van der Waals surface area (Å²) < 4.78 is 66.6. The molecular weight excluding hydrogens is 670 g/mol. The maximum atomic E-state index is 15.4. The van der Waals surface area contributed by atoms with Gasteiger partial charge in [-0.15, -0.1) is 0 Å². The zero-order valence-electron chi connectivity index (χ0n) is 24.9. The van der Waals surface area contributed by atoms with E-state index >= 15 is 4.39 Å². The highest BCUT2D eigenvalue weighted by atomic mass is 79.9. The quantitative estimate of drug-likeness (QED) is 0.140. The summed E-state index contributed by atoms with van der Waals surface area (Å²) in [6, 6.07) is 12.2. The average molecular weight is 701 g/mol. The van der Waals surface area contributed by atoms with E-state index in [2.05, 4.69) is 21.2 Å². The van der Waals surface area contributed by atoms with Gasteiger partial charge in [-0.2, -0.15) is 0 Å². The van der Waals surface area contributed by atoms with Gasteiger partial charge < -0.3 is 20.5 Å². The molecule has 2 aliphatic rings. The van der Waals surface area contributed by atoms with Crippen molar-refractivity contribution in [2.75, 3.05) is 20.3 Å². The molecule has 1 fully saturated rings. The number of primary amides is 1. The Bertz CT molecular complexity index is 1880. The van der Waals surface area contributed by atoms with Crippen LogP contribution in [0.3, 0.4) is 0 Å². The summed E-state index contributed by atoms with van der Waals surface area (Å²) in [6.07, 6.45) is -1.19. The van der Waals surface area contributed by atoms with Crippen molar-refractivity contribution in [3.8, 4) is 22.8 Å². The van der Waals surface area contributed by atoms with Gasteiger partial charge in [0.2, 0.25) is 12.3 Å². The average Bonchev–Trinajstić information content (AvgIpc) is 3.80. The normalized spacial score (nSPS) is 17.9. The summed E-state index contributed by atoms with van der Waals surface area (Å²) in [6.45, 7) is 1.72. The Hall–Kier alpha value is -4.19. The molecule has 2 heterocycles. The first-order valence-electron chi connectivity index (χ1n) is 14.7. The second-order valence-electron chi connectivity index (χ2n) is 12.0. The number of methoxy groups -OCH3 is 1. The second-order valence-corrected chi connectivity index (χ2v) is 12.8. The molecule has 1 aliphatic carbocycles. The number of pyridine rings is 1. The Morgan fingerprint density at radius 2 is 1.91 bits per heavy atom. The highest BCUT2D eigenvalue weighted by Crippen LogP contribution is 2.49. The number of fused-ring (bicyclic) bond motifs is 2. The summed E-state index contributed by atoms with van der Waals surface area (Å²) in [4.78, 5) is 30.9. The predicted octanol–water partition coefficient (Wildman–Crippen LogP) is 6.82. The molecule has 4 aromatic rings. The molecule has 240 valence electrons. The number of nitrogens with zero attached hydrogens (tertiary/aromatic N) is 1. The first kappa shape index (κ1) is 31.8. The number of carbonyl (C=O) groups excluding carboxylic acids is 2. The SMILES string of the molecule is COc1cc(C(=O)NC[C@H](c2cc3c(c(-c4ccc(F)c(Br)c4F)n2)OC[C@]3(C)C(N)=O)C2CC2)cc2cc(CC(F)F)ccc12. The van der Waals surface area contributed by atoms with Crippen LogP contribution in [0.25, 0.3) is 22.0 Å². The largest absolute Gasteiger partial charge is 0.496 e. The van der Waals surface area contributed by atoms with Crippen molar-refractivity contribution in [3.63, 3.8) is 0 Å². The topological polar surface area (TPSA) is 104 Å². The van der Waals surface area contributed by atoms with E-state index in [-0.39, 0.29) is 52.0 Å². The van der Waals surface area contributed by atoms with Crippen LogP contribution in [-0.4, -0.2) is 43.5 Å². The highest BCUT2D eigenvalue weighted by molar-refractivity contribution is 9.10. The van der Waals surface area contributed by atoms with Crippen LogP contribution < -0.4 is 20.5 Å². The van der Waals surface area contributed by atoms with Crippen LogP contribution in [-0.2, 0) is 16.6 Å². The summed E-state index contributed by atoms with van der Waals surface area (Å²) in [5.74, 6) is -2.26. The van der Waals surface area contributed by atoms with Gasteiger partial charge in [-0.05, 0) is 82.9 Å². The van der Waals surface area contributed by atoms with E-state index in [0.29, 0.717) is 33.3 Å². The molecule has 0 spiro atoms.